The fourth-order valence-electron chi connectivity index (χ4n) is 2.51. The van der Waals surface area contributed by atoms with Crippen molar-refractivity contribution >= 4 is 11.6 Å². The fourth-order valence-corrected chi connectivity index (χ4v) is 2.51. The van der Waals surface area contributed by atoms with Crippen molar-refractivity contribution in [1.82, 2.24) is 9.97 Å². The number of nitrogens with zero attached hydrogens (tertiary/aromatic N) is 2. The van der Waals surface area contributed by atoms with Gasteiger partial charge in [0.25, 0.3) is 0 Å². The lowest BCUT2D eigenvalue weighted by Crippen LogP contribution is -2.15. The summed E-state index contributed by atoms with van der Waals surface area (Å²) in [5.74, 6) is 2.23. The summed E-state index contributed by atoms with van der Waals surface area (Å²) in [5.41, 5.74) is 1.15. The fraction of sp³-hybridized carbons (Fsp3) is 0.714. The Hall–Kier alpha value is -1.36. The van der Waals surface area contributed by atoms with E-state index in [4.69, 9.17) is 4.74 Å². The Kier molecular flexibility index (Phi) is 4.96. The van der Waals surface area contributed by atoms with E-state index >= 15 is 0 Å². The van der Waals surface area contributed by atoms with Crippen molar-refractivity contribution in [2.24, 2.45) is 0 Å². The van der Waals surface area contributed by atoms with Crippen molar-refractivity contribution in [3.05, 3.63) is 11.9 Å². The molecule has 0 bridgehead atoms. The van der Waals surface area contributed by atoms with E-state index in [-0.39, 0.29) is 0 Å². The zero-order valence-corrected chi connectivity index (χ0v) is 12.1. The molecule has 2 rings (SSSR count). The van der Waals surface area contributed by atoms with Gasteiger partial charge in [0.05, 0.1) is 6.10 Å². The lowest BCUT2D eigenvalue weighted by molar-refractivity contribution is 0.107. The van der Waals surface area contributed by atoms with E-state index in [0.717, 1.165) is 36.8 Å². The summed E-state index contributed by atoms with van der Waals surface area (Å²) in [6, 6.07) is 0. The van der Waals surface area contributed by atoms with Gasteiger partial charge in [0.1, 0.15) is 18.0 Å². The zero-order valence-electron chi connectivity index (χ0n) is 12.1. The topological polar surface area (TPSA) is 59.1 Å². The SMILES string of the molecule is CNc1ncnc(NCCC2CCCO2)c1C(C)C. The molecule has 2 N–H and O–H groups in total. The van der Waals surface area contributed by atoms with Gasteiger partial charge >= 0.3 is 0 Å². The molecular weight excluding hydrogens is 240 g/mol. The van der Waals surface area contributed by atoms with Gasteiger partial charge in [-0.2, -0.15) is 0 Å². The van der Waals surface area contributed by atoms with Crippen molar-refractivity contribution < 1.29 is 4.74 Å². The van der Waals surface area contributed by atoms with E-state index < -0.39 is 0 Å². The third-order valence-electron chi connectivity index (χ3n) is 3.48. The molecule has 1 saturated heterocycles. The van der Waals surface area contributed by atoms with Gasteiger partial charge < -0.3 is 15.4 Å². The van der Waals surface area contributed by atoms with Gasteiger partial charge in [0, 0.05) is 25.8 Å². The van der Waals surface area contributed by atoms with Crippen LogP contribution in [0.1, 0.15) is 44.6 Å². The second kappa shape index (κ2) is 6.70. The van der Waals surface area contributed by atoms with E-state index in [1.807, 2.05) is 7.05 Å². The van der Waals surface area contributed by atoms with Crippen LogP contribution in [-0.2, 0) is 4.74 Å². The molecule has 19 heavy (non-hydrogen) atoms. The van der Waals surface area contributed by atoms with Crippen LogP contribution in [0.15, 0.2) is 6.33 Å². The average Bonchev–Trinajstić information content (AvgIpc) is 2.91. The van der Waals surface area contributed by atoms with Crippen LogP contribution in [0.4, 0.5) is 11.6 Å². The van der Waals surface area contributed by atoms with Crippen LogP contribution in [0.2, 0.25) is 0 Å². The highest BCUT2D eigenvalue weighted by Crippen LogP contribution is 2.28. The third kappa shape index (κ3) is 3.56. The highest BCUT2D eigenvalue weighted by Gasteiger charge is 2.17. The molecular formula is C14H24N4O. The Morgan fingerprint density at radius 2 is 2.16 bits per heavy atom. The summed E-state index contributed by atoms with van der Waals surface area (Å²) in [4.78, 5) is 8.65. The largest absolute Gasteiger partial charge is 0.378 e. The first-order chi connectivity index (χ1) is 9.22. The van der Waals surface area contributed by atoms with Gasteiger partial charge in [-0.3, -0.25) is 0 Å². The van der Waals surface area contributed by atoms with Crippen LogP contribution >= 0.6 is 0 Å². The molecule has 1 aliphatic heterocycles. The van der Waals surface area contributed by atoms with E-state index in [9.17, 15) is 0 Å². The van der Waals surface area contributed by atoms with Crippen LogP contribution in [0, 0.1) is 0 Å². The molecule has 5 nitrogen and oxygen atoms in total. The summed E-state index contributed by atoms with van der Waals surface area (Å²) >= 11 is 0. The normalized spacial score (nSPS) is 18.8. The van der Waals surface area contributed by atoms with Gasteiger partial charge in [0.2, 0.25) is 0 Å². The van der Waals surface area contributed by atoms with E-state index in [1.54, 1.807) is 6.33 Å². The minimum atomic E-state index is 0.383. The minimum absolute atomic E-state index is 0.383. The number of hydrogen-bond acceptors (Lipinski definition) is 5. The number of rotatable bonds is 6. The highest BCUT2D eigenvalue weighted by molar-refractivity contribution is 5.58. The highest BCUT2D eigenvalue weighted by atomic mass is 16.5. The van der Waals surface area contributed by atoms with Crippen molar-refractivity contribution in [1.29, 1.82) is 0 Å². The molecule has 0 amide bonds. The quantitative estimate of drug-likeness (QED) is 0.827. The van der Waals surface area contributed by atoms with Gasteiger partial charge in [0.15, 0.2) is 0 Å². The Bertz CT molecular complexity index is 402. The molecule has 1 aromatic rings. The van der Waals surface area contributed by atoms with E-state index in [0.29, 0.717) is 12.0 Å². The lowest BCUT2D eigenvalue weighted by Gasteiger charge is -2.17. The maximum Gasteiger partial charge on any atom is 0.134 e. The molecule has 0 saturated carbocycles. The Labute approximate surface area is 115 Å². The van der Waals surface area contributed by atoms with Gasteiger partial charge in [-0.25, -0.2) is 9.97 Å². The average molecular weight is 264 g/mol. The van der Waals surface area contributed by atoms with Crippen molar-refractivity contribution in [3.8, 4) is 0 Å². The molecule has 106 valence electrons. The second-order valence-electron chi connectivity index (χ2n) is 5.24. The maximum atomic E-state index is 5.63. The monoisotopic (exact) mass is 264 g/mol. The molecule has 1 aliphatic rings. The predicted molar refractivity (Wildman–Crippen MR) is 77.7 cm³/mol. The van der Waals surface area contributed by atoms with Crippen molar-refractivity contribution in [3.63, 3.8) is 0 Å². The van der Waals surface area contributed by atoms with Crippen LogP contribution in [0.3, 0.4) is 0 Å². The first-order valence-electron chi connectivity index (χ1n) is 7.10. The molecule has 0 spiro atoms. The molecule has 2 heterocycles. The van der Waals surface area contributed by atoms with E-state index in [1.165, 1.54) is 12.8 Å². The first kappa shape index (κ1) is 14.1. The van der Waals surface area contributed by atoms with Gasteiger partial charge in [-0.05, 0) is 25.2 Å². The van der Waals surface area contributed by atoms with Gasteiger partial charge in [-0.15, -0.1) is 0 Å². The summed E-state index contributed by atoms with van der Waals surface area (Å²) in [5, 5.41) is 6.56. The molecule has 0 radical (unpaired) electrons. The molecule has 0 aromatic carbocycles. The number of anilines is 2. The van der Waals surface area contributed by atoms with Gasteiger partial charge in [-0.1, -0.05) is 13.8 Å². The Morgan fingerprint density at radius 3 is 2.79 bits per heavy atom. The molecule has 1 atom stereocenters. The third-order valence-corrected chi connectivity index (χ3v) is 3.48. The number of nitrogens with one attached hydrogen (secondary N) is 2. The molecule has 5 heteroatoms. The summed E-state index contributed by atoms with van der Waals surface area (Å²) in [7, 11) is 1.89. The van der Waals surface area contributed by atoms with Crippen molar-refractivity contribution in [2.45, 2.75) is 45.1 Å². The number of aromatic nitrogens is 2. The van der Waals surface area contributed by atoms with Crippen molar-refractivity contribution in [2.75, 3.05) is 30.8 Å². The summed E-state index contributed by atoms with van der Waals surface area (Å²) in [6.07, 6.45) is 5.44. The number of hydrogen-bond donors (Lipinski definition) is 2. The molecule has 1 fully saturated rings. The summed E-state index contributed by atoms with van der Waals surface area (Å²) < 4.78 is 5.63. The van der Waals surface area contributed by atoms with Crippen LogP contribution in [-0.4, -0.2) is 36.3 Å². The van der Waals surface area contributed by atoms with Crippen LogP contribution in [0.5, 0.6) is 0 Å². The predicted octanol–water partition coefficient (Wildman–Crippen LogP) is 2.62. The van der Waals surface area contributed by atoms with Crippen LogP contribution in [0.25, 0.3) is 0 Å². The smallest absolute Gasteiger partial charge is 0.134 e. The van der Waals surface area contributed by atoms with E-state index in [2.05, 4.69) is 34.4 Å². The molecule has 1 unspecified atom stereocenters. The molecule has 0 aliphatic carbocycles. The summed E-state index contributed by atoms with van der Waals surface area (Å²) in [6.45, 7) is 6.12. The molecule has 1 aromatic heterocycles. The first-order valence-corrected chi connectivity index (χ1v) is 7.10. The second-order valence-corrected chi connectivity index (χ2v) is 5.24. The Balaban J connectivity index is 1.98. The number of ether oxygens (including phenoxy) is 1. The Morgan fingerprint density at radius 1 is 1.37 bits per heavy atom. The van der Waals surface area contributed by atoms with Crippen LogP contribution < -0.4 is 10.6 Å². The lowest BCUT2D eigenvalue weighted by atomic mass is 10.0. The maximum absolute atomic E-state index is 5.63. The standard InChI is InChI=1S/C14H24N4O/c1-10(2)12-13(15-3)17-9-18-14(12)16-7-6-11-5-4-8-19-11/h9-11H,4-8H2,1-3H3,(H2,15,16,17,18). The zero-order chi connectivity index (χ0) is 13.7. The minimum Gasteiger partial charge on any atom is -0.378 e.